The van der Waals surface area contributed by atoms with Crippen molar-refractivity contribution in [2.75, 3.05) is 25.5 Å². The highest BCUT2D eigenvalue weighted by atomic mass is 32.1. The second-order valence-electron chi connectivity index (χ2n) is 6.96. The zero-order valence-corrected chi connectivity index (χ0v) is 15.9. The van der Waals surface area contributed by atoms with E-state index in [2.05, 4.69) is 57.4 Å². The number of nitrogens with two attached hydrogens (primary N) is 1. The number of anilines is 1. The third-order valence-electron chi connectivity index (χ3n) is 5.18. The molecule has 1 saturated heterocycles. The van der Waals surface area contributed by atoms with Crippen LogP contribution in [0.5, 0.6) is 0 Å². The van der Waals surface area contributed by atoms with Gasteiger partial charge in [0.2, 0.25) is 0 Å². The molecule has 4 rings (SSSR count). The van der Waals surface area contributed by atoms with Crippen LogP contribution in [0.2, 0.25) is 0 Å². The average molecular weight is 368 g/mol. The molecular formula is C20H25N5S. The molecule has 5 nitrogen and oxygen atoms in total. The number of nitrogens with one attached hydrogen (secondary N) is 1. The molecule has 0 bridgehead atoms. The standard InChI is InChI=1S/C20H25N5S/c1-24-10-2-4-17(9-11-24)25-12-8-15-14-16(6-7-18(15)25)22-20(23-21)19-5-3-13-26-19/h3,5-8,12-14,17H,2,4,9-11,21H2,1H3,(H,22,23). The van der Waals surface area contributed by atoms with Gasteiger partial charge < -0.3 is 20.6 Å². The van der Waals surface area contributed by atoms with Crippen LogP contribution in [0, 0.1) is 0 Å². The fourth-order valence-electron chi connectivity index (χ4n) is 3.77. The van der Waals surface area contributed by atoms with Gasteiger partial charge in [0.1, 0.15) is 0 Å². The number of amidine groups is 1. The van der Waals surface area contributed by atoms with E-state index in [1.54, 1.807) is 11.3 Å². The Labute approximate surface area is 158 Å². The predicted molar refractivity (Wildman–Crippen MR) is 111 cm³/mol. The molecule has 1 aliphatic rings. The first-order chi connectivity index (χ1) is 12.7. The Hall–Kier alpha value is -2.31. The summed E-state index contributed by atoms with van der Waals surface area (Å²) in [7, 11) is 2.22. The van der Waals surface area contributed by atoms with Gasteiger partial charge in [0, 0.05) is 28.8 Å². The maximum absolute atomic E-state index is 5.58. The average Bonchev–Trinajstić information content (AvgIpc) is 3.27. The minimum Gasteiger partial charge on any atom is -0.344 e. The molecule has 3 heterocycles. The van der Waals surface area contributed by atoms with Gasteiger partial charge in [-0.15, -0.1) is 11.3 Å². The van der Waals surface area contributed by atoms with Crippen molar-refractivity contribution in [1.82, 2.24) is 9.47 Å². The van der Waals surface area contributed by atoms with Crippen molar-refractivity contribution >= 4 is 33.8 Å². The summed E-state index contributed by atoms with van der Waals surface area (Å²) in [5.74, 6) is 6.28. The maximum atomic E-state index is 5.58. The SMILES string of the molecule is CN1CCCC(n2ccc3cc(NC(=NN)c4cccs4)ccc32)CC1. The smallest absolute Gasteiger partial charge is 0.167 e. The topological polar surface area (TPSA) is 58.6 Å². The molecule has 0 amide bonds. The molecule has 1 atom stereocenters. The molecule has 26 heavy (non-hydrogen) atoms. The summed E-state index contributed by atoms with van der Waals surface area (Å²) in [4.78, 5) is 3.47. The van der Waals surface area contributed by atoms with Gasteiger partial charge in [-0.25, -0.2) is 0 Å². The van der Waals surface area contributed by atoms with Crippen LogP contribution >= 0.6 is 11.3 Å². The number of thiophene rings is 1. The normalized spacial score (nSPS) is 19.6. The van der Waals surface area contributed by atoms with E-state index in [0.717, 1.165) is 10.6 Å². The Bertz CT molecular complexity index is 896. The van der Waals surface area contributed by atoms with Gasteiger partial charge in [-0.3, -0.25) is 0 Å². The summed E-state index contributed by atoms with van der Waals surface area (Å²) >= 11 is 1.62. The van der Waals surface area contributed by atoms with Gasteiger partial charge in [0.15, 0.2) is 5.84 Å². The van der Waals surface area contributed by atoms with Crippen molar-refractivity contribution in [3.05, 3.63) is 52.9 Å². The van der Waals surface area contributed by atoms with E-state index >= 15 is 0 Å². The summed E-state index contributed by atoms with van der Waals surface area (Å²) in [6.45, 7) is 2.37. The lowest BCUT2D eigenvalue weighted by Gasteiger charge is -2.18. The molecule has 6 heteroatoms. The molecule has 0 radical (unpaired) electrons. The van der Waals surface area contributed by atoms with Gasteiger partial charge in [0.25, 0.3) is 0 Å². The van der Waals surface area contributed by atoms with Crippen LogP contribution in [0.4, 0.5) is 5.69 Å². The van der Waals surface area contributed by atoms with Crippen LogP contribution in [0.25, 0.3) is 10.9 Å². The number of rotatable bonds is 3. The molecular weight excluding hydrogens is 342 g/mol. The molecule has 136 valence electrons. The molecule has 1 unspecified atom stereocenters. The van der Waals surface area contributed by atoms with Crippen LogP contribution in [-0.2, 0) is 0 Å². The molecule has 2 aromatic heterocycles. The lowest BCUT2D eigenvalue weighted by atomic mass is 10.1. The quantitative estimate of drug-likeness (QED) is 0.317. The molecule has 1 aliphatic heterocycles. The zero-order chi connectivity index (χ0) is 17.9. The van der Waals surface area contributed by atoms with Crippen molar-refractivity contribution < 1.29 is 0 Å². The Balaban J connectivity index is 1.57. The second-order valence-corrected chi connectivity index (χ2v) is 7.91. The van der Waals surface area contributed by atoms with Gasteiger partial charge in [-0.05, 0) is 75.1 Å². The van der Waals surface area contributed by atoms with Crippen molar-refractivity contribution in [1.29, 1.82) is 0 Å². The van der Waals surface area contributed by atoms with E-state index in [1.807, 2.05) is 17.5 Å². The number of hydrogen-bond acceptors (Lipinski definition) is 4. The number of nitrogens with zero attached hydrogens (tertiary/aromatic N) is 3. The van der Waals surface area contributed by atoms with Crippen LogP contribution in [0.3, 0.4) is 0 Å². The Kier molecular flexibility index (Phi) is 4.95. The predicted octanol–water partition coefficient (Wildman–Crippen LogP) is 4.09. The third-order valence-corrected chi connectivity index (χ3v) is 6.06. The highest BCUT2D eigenvalue weighted by Gasteiger charge is 2.17. The van der Waals surface area contributed by atoms with Crippen molar-refractivity contribution in [3.63, 3.8) is 0 Å². The number of likely N-dealkylation sites (tertiary alicyclic amines) is 1. The number of benzene rings is 1. The first-order valence-electron chi connectivity index (χ1n) is 9.12. The van der Waals surface area contributed by atoms with E-state index in [4.69, 9.17) is 5.84 Å². The summed E-state index contributed by atoms with van der Waals surface area (Å²) < 4.78 is 2.45. The third kappa shape index (κ3) is 3.48. The molecule has 0 spiro atoms. The van der Waals surface area contributed by atoms with Crippen LogP contribution in [-0.4, -0.2) is 35.4 Å². The van der Waals surface area contributed by atoms with Crippen LogP contribution in [0.15, 0.2) is 53.1 Å². The van der Waals surface area contributed by atoms with Gasteiger partial charge in [-0.2, -0.15) is 5.10 Å². The number of fused-ring (bicyclic) bond motifs is 1. The zero-order valence-electron chi connectivity index (χ0n) is 15.1. The molecule has 0 aliphatic carbocycles. The van der Waals surface area contributed by atoms with Crippen LogP contribution in [0.1, 0.15) is 30.2 Å². The number of aromatic nitrogens is 1. The van der Waals surface area contributed by atoms with E-state index in [-0.39, 0.29) is 0 Å². The molecule has 3 N–H and O–H groups in total. The van der Waals surface area contributed by atoms with Gasteiger partial charge >= 0.3 is 0 Å². The van der Waals surface area contributed by atoms with Crippen LogP contribution < -0.4 is 11.2 Å². The molecule has 3 aromatic rings. The molecule has 0 saturated carbocycles. The van der Waals surface area contributed by atoms with E-state index < -0.39 is 0 Å². The van der Waals surface area contributed by atoms with Crippen molar-refractivity contribution in [2.45, 2.75) is 25.3 Å². The lowest BCUT2D eigenvalue weighted by Crippen LogP contribution is -2.19. The Morgan fingerprint density at radius 1 is 1.23 bits per heavy atom. The van der Waals surface area contributed by atoms with E-state index in [1.165, 1.54) is 43.3 Å². The summed E-state index contributed by atoms with van der Waals surface area (Å²) in [6.07, 6.45) is 5.96. The fourth-order valence-corrected chi connectivity index (χ4v) is 4.44. The minimum absolute atomic E-state index is 0.587. The van der Waals surface area contributed by atoms with Gasteiger partial charge in [-0.1, -0.05) is 6.07 Å². The first-order valence-corrected chi connectivity index (χ1v) is 10.0. The Morgan fingerprint density at radius 3 is 2.96 bits per heavy atom. The second kappa shape index (κ2) is 7.51. The maximum Gasteiger partial charge on any atom is 0.167 e. The largest absolute Gasteiger partial charge is 0.344 e. The molecule has 1 fully saturated rings. The highest BCUT2D eigenvalue weighted by molar-refractivity contribution is 7.12. The summed E-state index contributed by atoms with van der Waals surface area (Å²) in [5.41, 5.74) is 2.31. The highest BCUT2D eigenvalue weighted by Crippen LogP contribution is 2.29. The van der Waals surface area contributed by atoms with Crippen molar-refractivity contribution in [3.8, 4) is 0 Å². The lowest BCUT2D eigenvalue weighted by molar-refractivity contribution is 0.342. The number of hydrogen-bond donors (Lipinski definition) is 2. The van der Waals surface area contributed by atoms with Crippen molar-refractivity contribution in [2.24, 2.45) is 10.9 Å². The molecule has 1 aromatic carbocycles. The minimum atomic E-state index is 0.587. The van der Waals surface area contributed by atoms with E-state index in [0.29, 0.717) is 11.9 Å². The fraction of sp³-hybridized carbons (Fsp3) is 0.350. The first kappa shape index (κ1) is 17.1. The number of hydrazone groups is 1. The summed E-state index contributed by atoms with van der Waals surface area (Å²) in [6, 6.07) is 13.3. The monoisotopic (exact) mass is 367 g/mol. The van der Waals surface area contributed by atoms with Gasteiger partial charge in [0.05, 0.1) is 4.88 Å². The Morgan fingerprint density at radius 2 is 2.15 bits per heavy atom. The summed E-state index contributed by atoms with van der Waals surface area (Å²) in [5, 5.41) is 10.5. The van der Waals surface area contributed by atoms with E-state index in [9.17, 15) is 0 Å².